The van der Waals surface area contributed by atoms with E-state index in [1.54, 1.807) is 29.5 Å². The van der Waals surface area contributed by atoms with Crippen LogP contribution in [0.25, 0.3) is 0 Å². The summed E-state index contributed by atoms with van der Waals surface area (Å²) in [5, 5.41) is 4.80. The minimum Gasteiger partial charge on any atom is -0.346 e. The van der Waals surface area contributed by atoms with Crippen LogP contribution in [0.4, 0.5) is 0 Å². The summed E-state index contributed by atoms with van der Waals surface area (Å²) in [6.07, 6.45) is 0. The van der Waals surface area contributed by atoms with E-state index in [0.29, 0.717) is 16.8 Å². The smallest absolute Gasteiger partial charge is 0.270 e. The molecule has 88 valence electrons. The van der Waals surface area contributed by atoms with Crippen LogP contribution in [0.1, 0.15) is 15.4 Å². The quantitative estimate of drug-likeness (QED) is 0.832. The Morgan fingerprint density at radius 1 is 1.35 bits per heavy atom. The van der Waals surface area contributed by atoms with Gasteiger partial charge in [-0.05, 0) is 55.4 Å². The highest BCUT2D eigenvalue weighted by Gasteiger charge is 2.08. The van der Waals surface area contributed by atoms with E-state index in [2.05, 4.69) is 42.2 Å². The molecule has 0 aromatic carbocycles. The van der Waals surface area contributed by atoms with Crippen LogP contribution in [0.2, 0.25) is 0 Å². The molecule has 2 rings (SSSR count). The van der Waals surface area contributed by atoms with Gasteiger partial charge >= 0.3 is 0 Å². The van der Waals surface area contributed by atoms with Crippen molar-refractivity contribution in [1.29, 1.82) is 0 Å². The first kappa shape index (κ1) is 12.7. The molecule has 0 bridgehead atoms. The number of carbonyl (C=O) groups excluding carboxylic acids is 1. The summed E-state index contributed by atoms with van der Waals surface area (Å²) in [6.45, 7) is 0.505. The van der Waals surface area contributed by atoms with E-state index in [1.807, 2.05) is 11.4 Å². The summed E-state index contributed by atoms with van der Waals surface area (Å²) in [6, 6.07) is 7.22. The highest BCUT2D eigenvalue weighted by Crippen LogP contribution is 2.22. The largest absolute Gasteiger partial charge is 0.346 e. The number of thiophene rings is 1. The fraction of sp³-hybridized carbons (Fsp3) is 0.0909. The Bertz CT molecular complexity index is 542. The summed E-state index contributed by atoms with van der Waals surface area (Å²) in [7, 11) is 0. The van der Waals surface area contributed by atoms with Crippen LogP contribution in [0, 0.1) is 0 Å². The van der Waals surface area contributed by atoms with Crippen molar-refractivity contribution >= 4 is 49.1 Å². The number of nitrogens with zero attached hydrogens (tertiary/aromatic N) is 1. The molecule has 0 aliphatic carbocycles. The zero-order valence-electron chi connectivity index (χ0n) is 8.61. The third-order valence-corrected chi connectivity index (χ3v) is 4.42. The van der Waals surface area contributed by atoms with Crippen molar-refractivity contribution in [3.05, 3.63) is 49.3 Å². The molecule has 0 unspecified atom stereocenters. The second kappa shape index (κ2) is 5.75. The van der Waals surface area contributed by atoms with Gasteiger partial charge in [0.25, 0.3) is 5.91 Å². The van der Waals surface area contributed by atoms with Gasteiger partial charge in [-0.1, -0.05) is 6.07 Å². The normalized spacial score (nSPS) is 10.2. The molecule has 2 heterocycles. The minimum absolute atomic E-state index is 0.174. The molecular weight excluding hydrogens is 368 g/mol. The van der Waals surface area contributed by atoms with Crippen molar-refractivity contribution in [2.24, 2.45) is 0 Å². The van der Waals surface area contributed by atoms with Gasteiger partial charge in [0, 0.05) is 9.35 Å². The average Bonchev–Trinajstić information content (AvgIpc) is 2.72. The van der Waals surface area contributed by atoms with Crippen molar-refractivity contribution in [2.45, 2.75) is 6.54 Å². The Morgan fingerprint density at radius 3 is 2.82 bits per heavy atom. The van der Waals surface area contributed by atoms with Gasteiger partial charge in [0.2, 0.25) is 0 Å². The summed E-state index contributed by atoms with van der Waals surface area (Å²) < 4.78 is 1.67. The van der Waals surface area contributed by atoms with E-state index >= 15 is 0 Å². The monoisotopic (exact) mass is 374 g/mol. The Morgan fingerprint density at radius 2 is 2.18 bits per heavy atom. The highest BCUT2D eigenvalue weighted by atomic mass is 79.9. The molecule has 0 fully saturated rings. The van der Waals surface area contributed by atoms with Gasteiger partial charge in [-0.15, -0.1) is 11.3 Å². The predicted octanol–water partition coefficient (Wildman–Crippen LogP) is 3.60. The second-order valence-corrected chi connectivity index (χ2v) is 5.89. The van der Waals surface area contributed by atoms with Crippen molar-refractivity contribution in [2.75, 3.05) is 0 Å². The maximum atomic E-state index is 11.8. The first-order chi connectivity index (χ1) is 8.16. The van der Waals surface area contributed by atoms with Gasteiger partial charge in [0.1, 0.15) is 10.3 Å². The standard InChI is InChI=1S/C11H8Br2N2OS/c12-7-4-5-17-9(7)6-14-11(16)8-2-1-3-10(13)15-8/h1-5H,6H2,(H,14,16). The van der Waals surface area contributed by atoms with Crippen LogP contribution < -0.4 is 5.32 Å². The van der Waals surface area contributed by atoms with E-state index in [4.69, 9.17) is 0 Å². The molecule has 0 atom stereocenters. The molecule has 1 N–H and O–H groups in total. The van der Waals surface area contributed by atoms with Crippen LogP contribution in [-0.4, -0.2) is 10.9 Å². The summed E-state index contributed by atoms with van der Waals surface area (Å²) >= 11 is 8.25. The molecule has 0 saturated carbocycles. The average molecular weight is 376 g/mol. The van der Waals surface area contributed by atoms with E-state index < -0.39 is 0 Å². The van der Waals surface area contributed by atoms with E-state index in [1.165, 1.54) is 0 Å². The molecule has 17 heavy (non-hydrogen) atoms. The Kier molecular flexibility index (Phi) is 4.31. The Balaban J connectivity index is 2.01. The Labute approximate surface area is 120 Å². The second-order valence-electron chi connectivity index (χ2n) is 3.22. The fourth-order valence-electron chi connectivity index (χ4n) is 1.24. The number of halogens is 2. The maximum Gasteiger partial charge on any atom is 0.270 e. The molecule has 0 radical (unpaired) electrons. The summed E-state index contributed by atoms with van der Waals surface area (Å²) in [5.74, 6) is -0.174. The van der Waals surface area contributed by atoms with E-state index in [0.717, 1.165) is 9.35 Å². The van der Waals surface area contributed by atoms with E-state index in [9.17, 15) is 4.79 Å². The number of hydrogen-bond acceptors (Lipinski definition) is 3. The van der Waals surface area contributed by atoms with Gasteiger partial charge in [-0.3, -0.25) is 4.79 Å². The van der Waals surface area contributed by atoms with Crippen LogP contribution in [0.5, 0.6) is 0 Å². The SMILES string of the molecule is O=C(NCc1sccc1Br)c1cccc(Br)n1. The lowest BCUT2D eigenvalue weighted by Crippen LogP contribution is -2.23. The van der Waals surface area contributed by atoms with Gasteiger partial charge in [-0.25, -0.2) is 4.98 Å². The van der Waals surface area contributed by atoms with Crippen LogP contribution in [-0.2, 0) is 6.54 Å². The lowest BCUT2D eigenvalue weighted by Gasteiger charge is -2.03. The molecule has 2 aromatic heterocycles. The van der Waals surface area contributed by atoms with Gasteiger partial charge in [0.05, 0.1) is 6.54 Å². The van der Waals surface area contributed by atoms with E-state index in [-0.39, 0.29) is 5.91 Å². The van der Waals surface area contributed by atoms with Crippen molar-refractivity contribution in [3.8, 4) is 0 Å². The third-order valence-electron chi connectivity index (χ3n) is 2.05. The summed E-state index contributed by atoms with van der Waals surface area (Å²) in [5.41, 5.74) is 0.409. The first-order valence-electron chi connectivity index (χ1n) is 4.79. The van der Waals surface area contributed by atoms with Crippen molar-refractivity contribution < 1.29 is 4.79 Å². The van der Waals surface area contributed by atoms with Crippen LogP contribution in [0.15, 0.2) is 38.7 Å². The topological polar surface area (TPSA) is 42.0 Å². The maximum absolute atomic E-state index is 11.8. The van der Waals surface area contributed by atoms with Crippen molar-refractivity contribution in [1.82, 2.24) is 10.3 Å². The molecule has 0 aliphatic rings. The van der Waals surface area contributed by atoms with Crippen molar-refractivity contribution in [3.63, 3.8) is 0 Å². The number of rotatable bonds is 3. The number of carbonyl (C=O) groups is 1. The molecule has 0 aliphatic heterocycles. The molecule has 2 aromatic rings. The minimum atomic E-state index is -0.174. The summed E-state index contributed by atoms with van der Waals surface area (Å²) in [4.78, 5) is 17.0. The Hall–Kier alpha value is -0.720. The van der Waals surface area contributed by atoms with Gasteiger partial charge in [0.15, 0.2) is 0 Å². The van der Waals surface area contributed by atoms with Crippen LogP contribution >= 0.6 is 43.2 Å². The van der Waals surface area contributed by atoms with Crippen LogP contribution in [0.3, 0.4) is 0 Å². The molecule has 3 nitrogen and oxygen atoms in total. The predicted molar refractivity (Wildman–Crippen MR) is 75.1 cm³/mol. The number of aromatic nitrogens is 1. The number of hydrogen-bond donors (Lipinski definition) is 1. The zero-order valence-corrected chi connectivity index (χ0v) is 12.6. The molecular formula is C11H8Br2N2OS. The molecule has 0 saturated heterocycles. The lowest BCUT2D eigenvalue weighted by atomic mass is 10.3. The fourth-order valence-corrected chi connectivity index (χ4v) is 3.01. The highest BCUT2D eigenvalue weighted by molar-refractivity contribution is 9.10. The van der Waals surface area contributed by atoms with Gasteiger partial charge in [-0.2, -0.15) is 0 Å². The molecule has 6 heteroatoms. The van der Waals surface area contributed by atoms with Gasteiger partial charge < -0.3 is 5.32 Å². The molecule has 0 spiro atoms. The third kappa shape index (κ3) is 3.37. The molecule has 1 amide bonds. The zero-order chi connectivity index (χ0) is 12.3. The number of amides is 1. The number of pyridine rings is 1. The number of nitrogens with one attached hydrogen (secondary N) is 1. The lowest BCUT2D eigenvalue weighted by molar-refractivity contribution is 0.0946. The first-order valence-corrected chi connectivity index (χ1v) is 7.26.